The van der Waals surface area contributed by atoms with Gasteiger partial charge in [-0.1, -0.05) is 12.1 Å². The van der Waals surface area contributed by atoms with E-state index in [0.29, 0.717) is 49.5 Å². The fourth-order valence-corrected chi connectivity index (χ4v) is 3.00. The van der Waals surface area contributed by atoms with Crippen molar-refractivity contribution >= 4 is 5.96 Å². The molecule has 0 bridgehead atoms. The molecule has 0 aliphatic carbocycles. The van der Waals surface area contributed by atoms with Gasteiger partial charge in [0.2, 0.25) is 0 Å². The number of guanidine groups is 1. The second-order valence-corrected chi connectivity index (χ2v) is 6.74. The Hall–Kier alpha value is -3.13. The van der Waals surface area contributed by atoms with E-state index in [9.17, 15) is 0 Å². The van der Waals surface area contributed by atoms with Crippen molar-refractivity contribution < 1.29 is 23.7 Å². The maximum atomic E-state index is 5.87. The standard InChI is InChI=1S/C23H33N3O5/c1-16-7-8-17(20(11-16)31-10-9-27-3)14-25-23(24-2)26-15-19-21(29-5)12-18(28-4)13-22(19)30-6/h7-8,11-13H,9-10,14-15H2,1-6H3,(H2,24,25,26). The highest BCUT2D eigenvalue weighted by Crippen LogP contribution is 2.33. The summed E-state index contributed by atoms with van der Waals surface area (Å²) in [5, 5.41) is 6.63. The van der Waals surface area contributed by atoms with Crippen LogP contribution in [-0.4, -0.2) is 54.7 Å². The summed E-state index contributed by atoms with van der Waals surface area (Å²) in [6.07, 6.45) is 0. The van der Waals surface area contributed by atoms with E-state index in [1.54, 1.807) is 35.5 Å². The first-order valence-corrected chi connectivity index (χ1v) is 10.0. The highest BCUT2D eigenvalue weighted by molar-refractivity contribution is 5.79. The van der Waals surface area contributed by atoms with Crippen molar-refractivity contribution in [1.82, 2.24) is 10.6 Å². The Morgan fingerprint density at radius 2 is 1.52 bits per heavy atom. The third-order valence-corrected chi connectivity index (χ3v) is 4.69. The molecule has 0 amide bonds. The Morgan fingerprint density at radius 3 is 2.10 bits per heavy atom. The predicted octanol–water partition coefficient (Wildman–Crippen LogP) is 2.91. The molecule has 2 aromatic rings. The van der Waals surface area contributed by atoms with Crippen molar-refractivity contribution in [3.63, 3.8) is 0 Å². The summed E-state index contributed by atoms with van der Waals surface area (Å²) in [6.45, 7) is 4.09. The summed E-state index contributed by atoms with van der Waals surface area (Å²) in [6, 6.07) is 9.78. The average Bonchev–Trinajstić information content (AvgIpc) is 2.79. The quantitative estimate of drug-likeness (QED) is 0.322. The van der Waals surface area contributed by atoms with E-state index >= 15 is 0 Å². The number of methoxy groups -OCH3 is 4. The Kier molecular flexibility index (Phi) is 9.77. The molecule has 31 heavy (non-hydrogen) atoms. The van der Waals surface area contributed by atoms with Crippen LogP contribution in [0.15, 0.2) is 35.3 Å². The molecule has 0 radical (unpaired) electrons. The lowest BCUT2D eigenvalue weighted by molar-refractivity contribution is 0.145. The summed E-state index contributed by atoms with van der Waals surface area (Å²) < 4.78 is 27.3. The molecule has 0 fully saturated rings. The number of aliphatic imine (C=N–C) groups is 1. The molecule has 0 aromatic heterocycles. The monoisotopic (exact) mass is 431 g/mol. The number of aryl methyl sites for hydroxylation is 1. The molecule has 0 saturated carbocycles. The van der Waals surface area contributed by atoms with Gasteiger partial charge in [-0.25, -0.2) is 0 Å². The normalized spacial score (nSPS) is 11.1. The van der Waals surface area contributed by atoms with Gasteiger partial charge in [-0.15, -0.1) is 0 Å². The first-order chi connectivity index (χ1) is 15.1. The molecule has 170 valence electrons. The minimum Gasteiger partial charge on any atom is -0.496 e. The maximum absolute atomic E-state index is 5.87. The molecule has 8 heteroatoms. The zero-order chi connectivity index (χ0) is 22.6. The van der Waals surface area contributed by atoms with Crippen LogP contribution in [0.25, 0.3) is 0 Å². The Balaban J connectivity index is 2.06. The molecule has 2 N–H and O–H groups in total. The smallest absolute Gasteiger partial charge is 0.191 e. The van der Waals surface area contributed by atoms with E-state index in [1.165, 1.54) is 0 Å². The van der Waals surface area contributed by atoms with Gasteiger partial charge in [-0.2, -0.15) is 0 Å². The Labute approximate surface area is 184 Å². The first kappa shape index (κ1) is 24.1. The van der Waals surface area contributed by atoms with Crippen LogP contribution in [0.2, 0.25) is 0 Å². The third-order valence-electron chi connectivity index (χ3n) is 4.69. The molecule has 0 aliphatic heterocycles. The number of rotatable bonds is 11. The molecule has 0 spiro atoms. The van der Waals surface area contributed by atoms with Gasteiger partial charge >= 0.3 is 0 Å². The fraction of sp³-hybridized carbons (Fsp3) is 0.435. The van der Waals surface area contributed by atoms with Crippen molar-refractivity contribution in [2.45, 2.75) is 20.0 Å². The summed E-state index contributed by atoms with van der Waals surface area (Å²) >= 11 is 0. The van der Waals surface area contributed by atoms with E-state index in [1.807, 2.05) is 31.2 Å². The van der Waals surface area contributed by atoms with Crippen molar-refractivity contribution in [2.75, 3.05) is 48.7 Å². The highest BCUT2D eigenvalue weighted by Gasteiger charge is 2.14. The van der Waals surface area contributed by atoms with Crippen LogP contribution in [-0.2, 0) is 17.8 Å². The minimum absolute atomic E-state index is 0.459. The number of hydrogen-bond acceptors (Lipinski definition) is 6. The second-order valence-electron chi connectivity index (χ2n) is 6.74. The van der Waals surface area contributed by atoms with E-state index < -0.39 is 0 Å². The molecular weight excluding hydrogens is 398 g/mol. The number of benzene rings is 2. The summed E-state index contributed by atoms with van der Waals surface area (Å²) in [5.41, 5.74) is 3.04. The SMILES string of the molecule is CN=C(NCc1ccc(C)cc1OCCOC)NCc1c(OC)cc(OC)cc1OC. The molecule has 8 nitrogen and oxygen atoms in total. The van der Waals surface area contributed by atoms with Gasteiger partial charge in [0.15, 0.2) is 5.96 Å². The molecule has 2 rings (SSSR count). The van der Waals surface area contributed by atoms with Crippen LogP contribution in [0.5, 0.6) is 23.0 Å². The molecular formula is C23H33N3O5. The molecule has 2 aromatic carbocycles. The van der Waals surface area contributed by atoms with Crippen LogP contribution in [0.4, 0.5) is 0 Å². The van der Waals surface area contributed by atoms with Crippen molar-refractivity contribution in [2.24, 2.45) is 4.99 Å². The van der Waals surface area contributed by atoms with Gasteiger partial charge in [0, 0.05) is 38.4 Å². The van der Waals surface area contributed by atoms with Gasteiger partial charge in [-0.3, -0.25) is 4.99 Å². The fourth-order valence-electron chi connectivity index (χ4n) is 3.00. The molecule has 0 aliphatic rings. The highest BCUT2D eigenvalue weighted by atomic mass is 16.5. The van der Waals surface area contributed by atoms with E-state index in [4.69, 9.17) is 23.7 Å². The van der Waals surface area contributed by atoms with Crippen LogP contribution in [0.3, 0.4) is 0 Å². The number of nitrogens with zero attached hydrogens (tertiary/aromatic N) is 1. The lowest BCUT2D eigenvalue weighted by atomic mass is 10.1. The lowest BCUT2D eigenvalue weighted by Crippen LogP contribution is -2.36. The van der Waals surface area contributed by atoms with Gasteiger partial charge in [-0.05, 0) is 18.6 Å². The number of nitrogens with one attached hydrogen (secondary N) is 2. The Morgan fingerprint density at radius 1 is 0.839 bits per heavy atom. The summed E-state index contributed by atoms with van der Waals surface area (Å²) in [5.74, 6) is 3.49. The van der Waals surface area contributed by atoms with E-state index in [0.717, 1.165) is 22.4 Å². The largest absolute Gasteiger partial charge is 0.496 e. The maximum Gasteiger partial charge on any atom is 0.191 e. The van der Waals surface area contributed by atoms with Crippen LogP contribution >= 0.6 is 0 Å². The topological polar surface area (TPSA) is 82.6 Å². The molecule has 0 atom stereocenters. The summed E-state index contributed by atoms with van der Waals surface area (Å²) in [7, 11) is 8.23. The Bertz CT molecular complexity index is 845. The zero-order valence-electron chi connectivity index (χ0n) is 19.2. The van der Waals surface area contributed by atoms with Crippen LogP contribution in [0, 0.1) is 6.92 Å². The van der Waals surface area contributed by atoms with Gasteiger partial charge in [0.25, 0.3) is 0 Å². The first-order valence-electron chi connectivity index (χ1n) is 10.0. The molecule has 0 unspecified atom stereocenters. The number of hydrogen-bond donors (Lipinski definition) is 2. The van der Waals surface area contributed by atoms with Gasteiger partial charge in [0.1, 0.15) is 29.6 Å². The minimum atomic E-state index is 0.459. The van der Waals surface area contributed by atoms with Crippen LogP contribution in [0.1, 0.15) is 16.7 Å². The van der Waals surface area contributed by atoms with Crippen molar-refractivity contribution in [3.05, 3.63) is 47.0 Å². The number of ether oxygens (including phenoxy) is 5. The summed E-state index contributed by atoms with van der Waals surface area (Å²) in [4.78, 5) is 4.31. The predicted molar refractivity (Wildman–Crippen MR) is 122 cm³/mol. The van der Waals surface area contributed by atoms with Crippen molar-refractivity contribution in [3.8, 4) is 23.0 Å². The average molecular weight is 432 g/mol. The van der Waals surface area contributed by atoms with Crippen molar-refractivity contribution in [1.29, 1.82) is 0 Å². The third kappa shape index (κ3) is 6.96. The van der Waals surface area contributed by atoms with E-state index in [-0.39, 0.29) is 0 Å². The lowest BCUT2D eigenvalue weighted by Gasteiger charge is -2.18. The zero-order valence-corrected chi connectivity index (χ0v) is 19.2. The second kappa shape index (κ2) is 12.5. The molecule has 0 saturated heterocycles. The van der Waals surface area contributed by atoms with Crippen LogP contribution < -0.4 is 29.6 Å². The van der Waals surface area contributed by atoms with Gasteiger partial charge in [0.05, 0.1) is 40.0 Å². The van der Waals surface area contributed by atoms with E-state index in [2.05, 4.69) is 21.7 Å². The van der Waals surface area contributed by atoms with Gasteiger partial charge < -0.3 is 34.3 Å². The molecule has 0 heterocycles.